The Labute approximate surface area is 177 Å². The van der Waals surface area contributed by atoms with E-state index in [9.17, 15) is 18.0 Å². The number of hydrogen-bond donors (Lipinski definition) is 0. The summed E-state index contributed by atoms with van der Waals surface area (Å²) < 4.78 is 33.6. The molecule has 0 radical (unpaired) electrons. The fourth-order valence-corrected chi connectivity index (χ4v) is 5.12. The second-order valence-electron chi connectivity index (χ2n) is 7.36. The van der Waals surface area contributed by atoms with Crippen molar-refractivity contribution in [2.75, 3.05) is 26.7 Å². The Hall–Kier alpha value is -2.65. The summed E-state index contributed by atoms with van der Waals surface area (Å²) in [5.74, 6) is -0.985. The number of nitrogens with zero attached hydrogens (tertiary/aromatic N) is 3. The molecule has 2 aromatic rings. The molecule has 9 heteroatoms. The zero-order valence-corrected chi connectivity index (χ0v) is 18.1. The molecular formula is C21H27N3O5S. The zero-order chi connectivity index (χ0) is 21.7. The fourth-order valence-electron chi connectivity index (χ4n) is 3.53. The van der Waals surface area contributed by atoms with Crippen LogP contribution in [0.1, 0.15) is 35.3 Å². The number of aryl methyl sites for hydroxylation is 1. The van der Waals surface area contributed by atoms with Crippen LogP contribution in [0.25, 0.3) is 0 Å². The normalized spacial score (nSPS) is 15.0. The average molecular weight is 434 g/mol. The highest BCUT2D eigenvalue weighted by atomic mass is 32.2. The van der Waals surface area contributed by atoms with Crippen LogP contribution < -0.4 is 0 Å². The molecule has 2 heterocycles. The van der Waals surface area contributed by atoms with E-state index in [0.29, 0.717) is 13.1 Å². The first kappa shape index (κ1) is 22.0. The van der Waals surface area contributed by atoms with Crippen LogP contribution in [0.2, 0.25) is 0 Å². The van der Waals surface area contributed by atoms with Crippen molar-refractivity contribution in [3.63, 3.8) is 0 Å². The molecule has 0 spiro atoms. The third-order valence-electron chi connectivity index (χ3n) is 5.20. The third-order valence-corrected chi connectivity index (χ3v) is 7.07. The molecule has 1 aliphatic rings. The number of ether oxygens (including phenoxy) is 1. The van der Waals surface area contributed by atoms with Crippen LogP contribution in [0, 0.1) is 0 Å². The van der Waals surface area contributed by atoms with E-state index >= 15 is 0 Å². The first-order valence-corrected chi connectivity index (χ1v) is 11.3. The summed E-state index contributed by atoms with van der Waals surface area (Å²) in [4.78, 5) is 26.6. The SMILES string of the molecule is COC(=O)CN(Cc1ccccc1)C(=O)c1cc(S(=O)(=O)N2CCCCC2)cn1C. The third kappa shape index (κ3) is 4.91. The first-order chi connectivity index (χ1) is 14.3. The lowest BCUT2D eigenvalue weighted by Gasteiger charge is -2.25. The molecule has 0 atom stereocenters. The van der Waals surface area contributed by atoms with Gasteiger partial charge in [-0.2, -0.15) is 4.31 Å². The van der Waals surface area contributed by atoms with E-state index in [1.54, 1.807) is 7.05 Å². The standard InChI is InChI=1S/C21H27N3O5S/c1-22-15-18(30(27,28)24-11-7-4-8-12-24)13-19(22)21(26)23(16-20(25)29-2)14-17-9-5-3-6-10-17/h3,5-6,9-10,13,15H,4,7-8,11-12,14,16H2,1-2H3. The van der Waals surface area contributed by atoms with Crippen LogP contribution in [0.4, 0.5) is 0 Å². The van der Waals surface area contributed by atoms with E-state index in [4.69, 9.17) is 4.74 Å². The Morgan fingerprint density at radius 2 is 1.77 bits per heavy atom. The van der Waals surface area contributed by atoms with Crippen LogP contribution in [0.5, 0.6) is 0 Å². The number of hydrogen-bond acceptors (Lipinski definition) is 5. The Bertz CT molecular complexity index is 995. The number of rotatable bonds is 7. The van der Waals surface area contributed by atoms with E-state index in [0.717, 1.165) is 24.8 Å². The topological polar surface area (TPSA) is 88.9 Å². The Balaban J connectivity index is 1.88. The van der Waals surface area contributed by atoms with Crippen molar-refractivity contribution >= 4 is 21.9 Å². The summed E-state index contributed by atoms with van der Waals surface area (Å²) in [6.07, 6.45) is 4.15. The van der Waals surface area contributed by atoms with Gasteiger partial charge in [0.15, 0.2) is 0 Å². The predicted molar refractivity (Wildman–Crippen MR) is 111 cm³/mol. The highest BCUT2D eigenvalue weighted by Gasteiger charge is 2.30. The van der Waals surface area contributed by atoms with Gasteiger partial charge in [-0.05, 0) is 24.5 Å². The van der Waals surface area contributed by atoms with Crippen molar-refractivity contribution < 1.29 is 22.7 Å². The number of esters is 1. The van der Waals surface area contributed by atoms with Gasteiger partial charge < -0.3 is 14.2 Å². The van der Waals surface area contributed by atoms with E-state index in [-0.39, 0.29) is 23.7 Å². The second kappa shape index (κ2) is 9.44. The number of methoxy groups -OCH3 is 1. The van der Waals surface area contributed by atoms with E-state index < -0.39 is 21.9 Å². The van der Waals surface area contributed by atoms with Crippen molar-refractivity contribution in [3.8, 4) is 0 Å². The van der Waals surface area contributed by atoms with Gasteiger partial charge >= 0.3 is 5.97 Å². The molecule has 0 saturated carbocycles. The molecule has 0 unspecified atom stereocenters. The predicted octanol–water partition coefficient (Wildman–Crippen LogP) is 2.02. The molecule has 1 saturated heterocycles. The van der Waals surface area contributed by atoms with Crippen LogP contribution in [-0.2, 0) is 33.1 Å². The van der Waals surface area contributed by atoms with Crippen LogP contribution >= 0.6 is 0 Å². The second-order valence-corrected chi connectivity index (χ2v) is 9.30. The molecule has 1 aliphatic heterocycles. The van der Waals surface area contributed by atoms with Gasteiger partial charge in [-0.15, -0.1) is 0 Å². The van der Waals surface area contributed by atoms with Crippen molar-refractivity contribution in [1.29, 1.82) is 0 Å². The summed E-state index contributed by atoms with van der Waals surface area (Å²) in [7, 11) is -0.770. The molecule has 3 rings (SSSR count). The number of carbonyl (C=O) groups excluding carboxylic acids is 2. The van der Waals surface area contributed by atoms with Gasteiger partial charge in [-0.1, -0.05) is 36.8 Å². The number of aromatic nitrogens is 1. The van der Waals surface area contributed by atoms with Crippen molar-refractivity contribution in [3.05, 3.63) is 53.9 Å². The molecule has 1 aromatic heterocycles. The minimum atomic E-state index is -3.66. The van der Waals surface area contributed by atoms with E-state index in [1.807, 2.05) is 30.3 Å². The molecule has 0 bridgehead atoms. The minimum Gasteiger partial charge on any atom is -0.468 e. The molecular weight excluding hydrogens is 406 g/mol. The summed E-state index contributed by atoms with van der Waals surface area (Å²) in [6.45, 7) is 0.948. The van der Waals surface area contributed by atoms with Crippen LogP contribution in [0.15, 0.2) is 47.5 Å². The Kier molecular flexibility index (Phi) is 6.94. The smallest absolute Gasteiger partial charge is 0.325 e. The van der Waals surface area contributed by atoms with Crippen molar-refractivity contribution in [2.45, 2.75) is 30.7 Å². The summed E-state index contributed by atoms with van der Waals surface area (Å²) in [6, 6.07) is 10.7. The molecule has 8 nitrogen and oxygen atoms in total. The quantitative estimate of drug-likeness (QED) is 0.624. The van der Waals surface area contributed by atoms with Gasteiger partial charge in [0, 0.05) is 32.9 Å². The van der Waals surface area contributed by atoms with E-state index in [2.05, 4.69) is 0 Å². The number of piperidine rings is 1. The molecule has 1 amide bonds. The molecule has 1 fully saturated rings. The summed E-state index contributed by atoms with van der Waals surface area (Å²) in [5.41, 5.74) is 1.05. The van der Waals surface area contributed by atoms with Gasteiger partial charge in [0.2, 0.25) is 10.0 Å². The molecule has 1 aromatic carbocycles. The first-order valence-electron chi connectivity index (χ1n) is 9.89. The van der Waals surface area contributed by atoms with Crippen molar-refractivity contribution in [2.24, 2.45) is 7.05 Å². The summed E-state index contributed by atoms with van der Waals surface area (Å²) >= 11 is 0. The lowest BCUT2D eigenvalue weighted by Crippen LogP contribution is -2.36. The van der Waals surface area contributed by atoms with Gasteiger partial charge in [-0.25, -0.2) is 8.42 Å². The number of sulfonamides is 1. The minimum absolute atomic E-state index is 0.0907. The maximum absolute atomic E-state index is 13.2. The zero-order valence-electron chi connectivity index (χ0n) is 17.3. The molecule has 0 aliphatic carbocycles. The highest BCUT2D eigenvalue weighted by Crippen LogP contribution is 2.23. The average Bonchev–Trinajstić information content (AvgIpc) is 3.16. The van der Waals surface area contributed by atoms with E-state index in [1.165, 1.54) is 33.1 Å². The van der Waals surface area contributed by atoms with Crippen molar-refractivity contribution in [1.82, 2.24) is 13.8 Å². The number of benzene rings is 1. The maximum atomic E-state index is 13.2. The monoisotopic (exact) mass is 433 g/mol. The largest absolute Gasteiger partial charge is 0.468 e. The maximum Gasteiger partial charge on any atom is 0.325 e. The number of carbonyl (C=O) groups is 2. The van der Waals surface area contributed by atoms with Crippen LogP contribution in [-0.4, -0.2) is 60.8 Å². The van der Waals surface area contributed by atoms with Gasteiger partial charge in [0.05, 0.1) is 7.11 Å². The molecule has 0 N–H and O–H groups in total. The molecule has 162 valence electrons. The van der Waals surface area contributed by atoms with Crippen LogP contribution in [0.3, 0.4) is 0 Å². The van der Waals surface area contributed by atoms with Gasteiger partial charge in [-0.3, -0.25) is 9.59 Å². The lowest BCUT2D eigenvalue weighted by atomic mass is 10.2. The fraction of sp³-hybridized carbons (Fsp3) is 0.429. The Morgan fingerprint density at radius 1 is 1.10 bits per heavy atom. The van der Waals surface area contributed by atoms with Gasteiger partial charge in [0.1, 0.15) is 17.1 Å². The summed E-state index contributed by atoms with van der Waals surface area (Å²) in [5, 5.41) is 0. The van der Waals surface area contributed by atoms with Gasteiger partial charge in [0.25, 0.3) is 5.91 Å². The molecule has 30 heavy (non-hydrogen) atoms. The lowest BCUT2D eigenvalue weighted by molar-refractivity contribution is -0.141. The number of amides is 1. The highest BCUT2D eigenvalue weighted by molar-refractivity contribution is 7.89. The Morgan fingerprint density at radius 3 is 2.40 bits per heavy atom.